The van der Waals surface area contributed by atoms with E-state index in [1.807, 2.05) is 0 Å². The highest BCUT2D eigenvalue weighted by Crippen LogP contribution is 2.35. The minimum atomic E-state index is -4.58. The van der Waals surface area contributed by atoms with Crippen LogP contribution in [0.15, 0.2) is 0 Å². The fraction of sp³-hybridized carbons (Fsp3) is 0.933. The Morgan fingerprint density at radius 3 is 2.09 bits per heavy atom. The van der Waals surface area contributed by atoms with Gasteiger partial charge < -0.3 is 15.1 Å². The molecule has 0 radical (unpaired) electrons. The van der Waals surface area contributed by atoms with Gasteiger partial charge in [0.15, 0.2) is 0 Å². The lowest BCUT2D eigenvalue weighted by Crippen LogP contribution is -2.24. The minimum absolute atomic E-state index is 0.00357. The molecule has 0 saturated heterocycles. The second-order valence-electron chi connectivity index (χ2n) is 5.67. The first kappa shape index (κ1) is 22.5. The minimum Gasteiger partial charge on any atom is -0.356 e. The first-order valence-electron chi connectivity index (χ1n) is 8.59. The third kappa shape index (κ3) is 19.5. The van der Waals surface area contributed by atoms with Crippen LogP contribution in [-0.2, 0) is 18.9 Å². The van der Waals surface area contributed by atoms with Crippen molar-refractivity contribution in [1.82, 2.24) is 5.32 Å². The molecule has 138 valence electrons. The molecule has 0 spiro atoms. The van der Waals surface area contributed by atoms with Crippen LogP contribution in [0, 0.1) is 0 Å². The van der Waals surface area contributed by atoms with E-state index in [0.29, 0.717) is 19.4 Å². The Hall–Kier alpha value is -0.460. The molecular weight excluding hydrogens is 321 g/mol. The van der Waals surface area contributed by atoms with Gasteiger partial charge in [0.05, 0.1) is 6.61 Å². The average molecular weight is 353 g/mol. The maximum atomic E-state index is 11.5. The quantitative estimate of drug-likeness (QED) is 0.170. The molecule has 23 heavy (non-hydrogen) atoms. The van der Waals surface area contributed by atoms with Crippen molar-refractivity contribution in [1.29, 1.82) is 0 Å². The van der Waals surface area contributed by atoms with Crippen molar-refractivity contribution in [3.8, 4) is 0 Å². The van der Waals surface area contributed by atoms with Crippen LogP contribution in [0.1, 0.15) is 77.6 Å². The van der Waals surface area contributed by atoms with Gasteiger partial charge in [-0.05, 0) is 12.8 Å². The Morgan fingerprint density at radius 1 is 0.957 bits per heavy atom. The van der Waals surface area contributed by atoms with Crippen molar-refractivity contribution in [2.24, 2.45) is 0 Å². The molecule has 0 bridgehead atoms. The smallest absolute Gasteiger partial charge is 0.356 e. The van der Waals surface area contributed by atoms with E-state index in [2.05, 4.69) is 21.8 Å². The second kappa shape index (κ2) is 15.1. The Kier molecular flexibility index (Phi) is 14.8. The fourth-order valence-corrected chi connectivity index (χ4v) is 2.36. The van der Waals surface area contributed by atoms with Crippen molar-refractivity contribution in [3.63, 3.8) is 0 Å². The number of rotatable bonds is 16. The Labute approximate surface area is 139 Å². The second-order valence-corrected chi connectivity index (χ2v) is 6.80. The summed E-state index contributed by atoms with van der Waals surface area (Å²) in [6, 6.07) is 0. The van der Waals surface area contributed by atoms with E-state index in [1.54, 1.807) is 0 Å². The Morgan fingerprint density at radius 2 is 1.52 bits per heavy atom. The van der Waals surface area contributed by atoms with Crippen LogP contribution in [0.2, 0.25) is 0 Å². The summed E-state index contributed by atoms with van der Waals surface area (Å²) in [6.07, 6.45) is 11.9. The van der Waals surface area contributed by atoms with Crippen molar-refractivity contribution in [2.45, 2.75) is 77.6 Å². The Balaban J connectivity index is 3.24. The Bertz CT molecular complexity index is 334. The summed E-state index contributed by atoms with van der Waals surface area (Å²) in [5, 5.41) is 2.74. The summed E-state index contributed by atoms with van der Waals surface area (Å²) in [7, 11) is -4.58. The van der Waals surface area contributed by atoms with Crippen molar-refractivity contribution in [3.05, 3.63) is 0 Å². The first-order chi connectivity index (χ1) is 11.0. The van der Waals surface area contributed by atoms with Crippen molar-refractivity contribution < 1.29 is 28.7 Å². The highest BCUT2D eigenvalue weighted by Gasteiger charge is 2.14. The van der Waals surface area contributed by atoms with E-state index in [9.17, 15) is 9.36 Å². The van der Waals surface area contributed by atoms with Gasteiger partial charge in [0, 0.05) is 13.0 Å². The number of hydrogen-bond donors (Lipinski definition) is 3. The van der Waals surface area contributed by atoms with Crippen LogP contribution in [0.5, 0.6) is 0 Å². The van der Waals surface area contributed by atoms with Crippen LogP contribution < -0.4 is 5.32 Å². The molecule has 0 saturated carbocycles. The standard InChI is InChI=1S/C15H32NO6P/c1-2-3-4-5-6-7-8-9-10-12-15(17)16-13-11-14-21-22-23(18,19)20/h2-14H2,1H3,(H,16,17)(H2,18,19,20). The zero-order valence-electron chi connectivity index (χ0n) is 14.2. The molecule has 0 aromatic carbocycles. The van der Waals surface area contributed by atoms with Gasteiger partial charge in [0.2, 0.25) is 5.91 Å². The summed E-state index contributed by atoms with van der Waals surface area (Å²) >= 11 is 0. The molecule has 0 heterocycles. The monoisotopic (exact) mass is 353 g/mol. The SMILES string of the molecule is CCCCCCCCCCCC(=O)NCCCOOP(=O)(O)O. The number of phosphoric acid groups is 1. The molecule has 0 aliphatic heterocycles. The van der Waals surface area contributed by atoms with E-state index in [4.69, 9.17) is 9.79 Å². The number of unbranched alkanes of at least 4 members (excludes halogenated alkanes) is 8. The van der Waals surface area contributed by atoms with Crippen molar-refractivity contribution >= 4 is 13.7 Å². The highest BCUT2D eigenvalue weighted by molar-refractivity contribution is 7.46. The molecule has 1 amide bonds. The zero-order chi connectivity index (χ0) is 17.4. The van der Waals surface area contributed by atoms with Gasteiger partial charge in [-0.15, -0.1) is 4.67 Å². The molecule has 3 N–H and O–H groups in total. The van der Waals surface area contributed by atoms with Gasteiger partial charge >= 0.3 is 7.82 Å². The molecule has 0 atom stereocenters. The summed E-state index contributed by atoms with van der Waals surface area (Å²) in [5.74, 6) is 0.00357. The van der Waals surface area contributed by atoms with Crippen LogP contribution in [0.4, 0.5) is 0 Å². The van der Waals surface area contributed by atoms with Gasteiger partial charge in [-0.2, -0.15) is 0 Å². The molecule has 0 rings (SSSR count). The molecule has 0 aromatic heterocycles. The lowest BCUT2D eigenvalue weighted by molar-refractivity contribution is -0.222. The van der Waals surface area contributed by atoms with E-state index in [-0.39, 0.29) is 12.5 Å². The van der Waals surface area contributed by atoms with Crippen LogP contribution in [0.25, 0.3) is 0 Å². The molecule has 0 aliphatic carbocycles. The molecule has 0 aromatic rings. The average Bonchev–Trinajstić information content (AvgIpc) is 2.48. The number of carbonyl (C=O) groups is 1. The third-order valence-corrected chi connectivity index (χ3v) is 3.68. The number of amides is 1. The zero-order valence-corrected chi connectivity index (χ0v) is 15.1. The number of carbonyl (C=O) groups excluding carboxylic acids is 1. The summed E-state index contributed by atoms with van der Waals surface area (Å²) in [5.41, 5.74) is 0. The maximum Gasteiger partial charge on any atom is 0.496 e. The van der Waals surface area contributed by atoms with Gasteiger partial charge in [0.25, 0.3) is 0 Å². The van der Waals surface area contributed by atoms with E-state index in [1.165, 1.54) is 44.9 Å². The predicted molar refractivity (Wildman–Crippen MR) is 88.6 cm³/mol. The van der Waals surface area contributed by atoms with Crippen LogP contribution in [-0.4, -0.2) is 28.8 Å². The first-order valence-corrected chi connectivity index (χ1v) is 10.1. The highest BCUT2D eigenvalue weighted by atomic mass is 31.2. The summed E-state index contributed by atoms with van der Waals surface area (Å²) in [4.78, 5) is 32.6. The largest absolute Gasteiger partial charge is 0.496 e. The van der Waals surface area contributed by atoms with Crippen LogP contribution in [0.3, 0.4) is 0 Å². The molecule has 7 nitrogen and oxygen atoms in total. The number of hydrogen-bond acceptors (Lipinski definition) is 4. The molecule has 0 fully saturated rings. The third-order valence-electron chi connectivity index (χ3n) is 3.38. The molecular formula is C15H32NO6P. The molecule has 0 aliphatic rings. The van der Waals surface area contributed by atoms with Gasteiger partial charge in [-0.1, -0.05) is 58.3 Å². The van der Waals surface area contributed by atoms with E-state index >= 15 is 0 Å². The topological polar surface area (TPSA) is 105 Å². The van der Waals surface area contributed by atoms with E-state index < -0.39 is 7.82 Å². The molecule has 8 heteroatoms. The van der Waals surface area contributed by atoms with Gasteiger partial charge in [0.1, 0.15) is 0 Å². The lowest BCUT2D eigenvalue weighted by Gasteiger charge is -2.06. The lowest BCUT2D eigenvalue weighted by atomic mass is 10.1. The van der Waals surface area contributed by atoms with Gasteiger partial charge in [-0.25, -0.2) is 9.45 Å². The predicted octanol–water partition coefficient (Wildman–Crippen LogP) is 3.45. The van der Waals surface area contributed by atoms with E-state index in [0.717, 1.165) is 12.8 Å². The van der Waals surface area contributed by atoms with Gasteiger partial charge in [-0.3, -0.25) is 4.79 Å². The summed E-state index contributed by atoms with van der Waals surface area (Å²) < 4.78 is 14.1. The van der Waals surface area contributed by atoms with Crippen LogP contribution >= 0.6 is 7.82 Å². The summed E-state index contributed by atoms with van der Waals surface area (Å²) in [6.45, 7) is 2.64. The maximum absolute atomic E-state index is 11.5. The number of nitrogens with one attached hydrogen (secondary N) is 1. The normalized spacial score (nSPS) is 11.6. The van der Waals surface area contributed by atoms with Crippen molar-refractivity contribution in [2.75, 3.05) is 13.2 Å². The fourth-order valence-electron chi connectivity index (χ4n) is 2.15. The molecule has 0 unspecified atom stereocenters.